The molecule has 4 nitrogen and oxygen atoms in total. The molecule has 96 valence electrons. The van der Waals surface area contributed by atoms with E-state index in [0.717, 1.165) is 22.3 Å². The molecule has 0 unspecified atom stereocenters. The third kappa shape index (κ3) is 2.18. The summed E-state index contributed by atoms with van der Waals surface area (Å²) in [5.41, 5.74) is 1.08. The average Bonchev–Trinajstić information content (AvgIpc) is 2.69. The summed E-state index contributed by atoms with van der Waals surface area (Å²) in [6.07, 6.45) is 1.46. The van der Waals surface area contributed by atoms with Crippen LogP contribution in [0.5, 0.6) is 11.5 Å². The van der Waals surface area contributed by atoms with Crippen LogP contribution in [0.3, 0.4) is 0 Å². The number of thiazole rings is 1. The second-order valence-corrected chi connectivity index (χ2v) is 5.14. The van der Waals surface area contributed by atoms with Gasteiger partial charge in [0.05, 0.1) is 26.7 Å². The van der Waals surface area contributed by atoms with E-state index < -0.39 is 0 Å². The van der Waals surface area contributed by atoms with Crippen LogP contribution >= 0.6 is 11.3 Å². The van der Waals surface area contributed by atoms with Crippen molar-refractivity contribution < 1.29 is 18.8 Å². The molecule has 2 rings (SSSR count). The fourth-order valence-electron chi connectivity index (χ4n) is 1.99. The maximum atomic E-state index is 10.5. The van der Waals surface area contributed by atoms with Crippen LogP contribution in [0, 0.1) is 6.92 Å². The number of carbonyl (C=O) groups is 1. The number of hydrogen-bond acceptors (Lipinski definition) is 4. The lowest BCUT2D eigenvalue weighted by molar-refractivity contribution is -0.671. The molecule has 0 amide bonds. The Morgan fingerprint density at radius 2 is 1.94 bits per heavy atom. The van der Waals surface area contributed by atoms with Crippen molar-refractivity contribution in [2.45, 2.75) is 19.9 Å². The molecular weight excluding hydrogens is 250 g/mol. The van der Waals surface area contributed by atoms with Crippen molar-refractivity contribution in [3.63, 3.8) is 0 Å². The molecule has 5 heteroatoms. The van der Waals surface area contributed by atoms with E-state index >= 15 is 0 Å². The van der Waals surface area contributed by atoms with Crippen molar-refractivity contribution in [1.29, 1.82) is 0 Å². The number of methoxy groups -OCH3 is 2. The minimum atomic E-state index is 0.520. The molecule has 0 fully saturated rings. The fourth-order valence-corrected chi connectivity index (χ4v) is 3.04. The number of ether oxygens (including phenoxy) is 2. The number of fused-ring (bicyclic) bond motifs is 1. The monoisotopic (exact) mass is 266 g/mol. The zero-order valence-corrected chi connectivity index (χ0v) is 11.5. The third-order valence-electron chi connectivity index (χ3n) is 2.86. The van der Waals surface area contributed by atoms with Gasteiger partial charge in [-0.05, 0) is 0 Å². The van der Waals surface area contributed by atoms with Gasteiger partial charge in [-0.25, -0.2) is 0 Å². The summed E-state index contributed by atoms with van der Waals surface area (Å²) in [5, 5.41) is 1.17. The summed E-state index contributed by atoms with van der Waals surface area (Å²) < 4.78 is 13.9. The second-order valence-electron chi connectivity index (χ2n) is 3.90. The summed E-state index contributed by atoms with van der Waals surface area (Å²) >= 11 is 1.69. The number of hydrogen-bond donors (Lipinski definition) is 0. The van der Waals surface area contributed by atoms with Crippen LogP contribution in [-0.2, 0) is 11.3 Å². The van der Waals surface area contributed by atoms with Gasteiger partial charge in [0.15, 0.2) is 18.0 Å². The Morgan fingerprint density at radius 3 is 2.56 bits per heavy atom. The summed E-state index contributed by atoms with van der Waals surface area (Å²) in [5.74, 6) is 1.44. The summed E-state index contributed by atoms with van der Waals surface area (Å²) in [7, 11) is 3.25. The minimum Gasteiger partial charge on any atom is -0.493 e. The summed E-state index contributed by atoms with van der Waals surface area (Å²) in [6.45, 7) is 2.75. The van der Waals surface area contributed by atoms with Crippen LogP contribution in [0.25, 0.3) is 10.2 Å². The number of benzene rings is 1. The summed E-state index contributed by atoms with van der Waals surface area (Å²) in [4.78, 5) is 10.5. The number of aryl methyl sites for hydroxylation is 2. The Bertz CT molecular complexity index is 577. The van der Waals surface area contributed by atoms with Crippen LogP contribution in [-0.4, -0.2) is 20.5 Å². The van der Waals surface area contributed by atoms with Crippen LogP contribution < -0.4 is 14.0 Å². The normalized spacial score (nSPS) is 10.6. The molecule has 1 heterocycles. The van der Waals surface area contributed by atoms with Gasteiger partial charge in [0.2, 0.25) is 10.5 Å². The third-order valence-corrected chi connectivity index (χ3v) is 3.93. The van der Waals surface area contributed by atoms with Gasteiger partial charge in [0.1, 0.15) is 11.0 Å². The van der Waals surface area contributed by atoms with E-state index in [1.54, 1.807) is 25.6 Å². The highest BCUT2D eigenvalue weighted by atomic mass is 32.1. The maximum Gasteiger partial charge on any atom is 0.235 e. The lowest BCUT2D eigenvalue weighted by atomic mass is 10.3. The Labute approximate surface area is 110 Å². The predicted molar refractivity (Wildman–Crippen MR) is 70.5 cm³/mol. The van der Waals surface area contributed by atoms with Gasteiger partial charge in [0, 0.05) is 13.0 Å². The van der Waals surface area contributed by atoms with Gasteiger partial charge in [-0.1, -0.05) is 11.3 Å². The fraction of sp³-hybridized carbons (Fsp3) is 0.385. The number of nitrogens with zero attached hydrogens (tertiary/aromatic N) is 1. The smallest absolute Gasteiger partial charge is 0.235 e. The maximum absolute atomic E-state index is 10.5. The van der Waals surface area contributed by atoms with Gasteiger partial charge in [-0.15, -0.1) is 0 Å². The van der Waals surface area contributed by atoms with Gasteiger partial charge >= 0.3 is 0 Å². The molecule has 18 heavy (non-hydrogen) atoms. The Morgan fingerprint density at radius 1 is 1.28 bits per heavy atom. The van der Waals surface area contributed by atoms with Crippen LogP contribution in [0.15, 0.2) is 12.1 Å². The van der Waals surface area contributed by atoms with E-state index in [0.29, 0.717) is 18.7 Å². The van der Waals surface area contributed by atoms with Crippen LogP contribution in [0.2, 0.25) is 0 Å². The van der Waals surface area contributed by atoms with Crippen LogP contribution in [0.1, 0.15) is 11.4 Å². The van der Waals surface area contributed by atoms with Crippen LogP contribution in [0.4, 0.5) is 0 Å². The van der Waals surface area contributed by atoms with Gasteiger partial charge in [-0.3, -0.25) is 0 Å². The first-order valence-electron chi connectivity index (χ1n) is 5.70. The topological polar surface area (TPSA) is 39.4 Å². The van der Waals surface area contributed by atoms with E-state index in [1.807, 2.05) is 12.1 Å². The average molecular weight is 266 g/mol. The molecule has 0 aliphatic carbocycles. The molecule has 0 N–H and O–H groups in total. The van der Waals surface area contributed by atoms with Crippen molar-refractivity contribution >= 4 is 27.8 Å². The van der Waals surface area contributed by atoms with E-state index in [1.165, 1.54) is 5.01 Å². The largest absolute Gasteiger partial charge is 0.493 e. The molecule has 0 aliphatic rings. The molecule has 0 saturated heterocycles. The van der Waals surface area contributed by atoms with Crippen molar-refractivity contribution in [2.24, 2.45) is 0 Å². The van der Waals surface area contributed by atoms with E-state index in [9.17, 15) is 4.79 Å². The molecule has 1 aromatic heterocycles. The lowest BCUT2D eigenvalue weighted by Crippen LogP contribution is -2.35. The first-order chi connectivity index (χ1) is 8.71. The molecule has 0 spiro atoms. The summed E-state index contributed by atoms with van der Waals surface area (Å²) in [6, 6.07) is 3.94. The standard InChI is InChI=1S/C13H16NO3S/c1-9-14(5-4-6-15)10-7-11(16-2)12(17-3)8-13(10)18-9/h6-8H,4-5H2,1-3H3/q+1. The molecule has 0 aliphatic heterocycles. The van der Waals surface area contributed by atoms with Crippen molar-refractivity contribution in [1.82, 2.24) is 0 Å². The Kier molecular flexibility index (Phi) is 3.81. The van der Waals surface area contributed by atoms with E-state index in [-0.39, 0.29) is 0 Å². The van der Waals surface area contributed by atoms with Gasteiger partial charge in [-0.2, -0.15) is 4.57 Å². The number of aromatic nitrogens is 1. The molecule has 0 atom stereocenters. The first-order valence-corrected chi connectivity index (χ1v) is 6.51. The van der Waals surface area contributed by atoms with E-state index in [4.69, 9.17) is 9.47 Å². The Hall–Kier alpha value is -1.62. The molecule has 0 radical (unpaired) electrons. The highest BCUT2D eigenvalue weighted by Gasteiger charge is 2.20. The van der Waals surface area contributed by atoms with Crippen molar-refractivity contribution in [3.05, 3.63) is 17.1 Å². The molecular formula is C13H16NO3S+. The quantitative estimate of drug-likeness (QED) is 0.614. The second kappa shape index (κ2) is 5.35. The van der Waals surface area contributed by atoms with Crippen molar-refractivity contribution in [3.8, 4) is 11.5 Å². The zero-order chi connectivity index (χ0) is 13.1. The highest BCUT2D eigenvalue weighted by molar-refractivity contribution is 7.18. The zero-order valence-electron chi connectivity index (χ0n) is 10.7. The molecule has 1 aromatic carbocycles. The predicted octanol–water partition coefficient (Wildman–Crippen LogP) is 2.10. The number of rotatable bonds is 5. The highest BCUT2D eigenvalue weighted by Crippen LogP contribution is 2.33. The molecule has 0 bridgehead atoms. The molecule has 2 aromatic rings. The first kappa shape index (κ1) is 12.8. The number of aldehydes is 1. The van der Waals surface area contributed by atoms with Crippen molar-refractivity contribution in [2.75, 3.05) is 14.2 Å². The SMILES string of the molecule is COc1cc2sc(C)[n+](CCC=O)c2cc1OC. The number of carbonyl (C=O) groups excluding carboxylic acids is 1. The molecule has 0 saturated carbocycles. The Balaban J connectivity index is 2.58. The van der Waals surface area contributed by atoms with Gasteiger partial charge in [0.25, 0.3) is 0 Å². The van der Waals surface area contributed by atoms with Gasteiger partial charge < -0.3 is 14.3 Å². The minimum absolute atomic E-state index is 0.520. The van der Waals surface area contributed by atoms with E-state index in [2.05, 4.69) is 11.5 Å². The lowest BCUT2D eigenvalue weighted by Gasteiger charge is -2.05.